The van der Waals surface area contributed by atoms with E-state index in [1.165, 1.54) is 10.2 Å². The Labute approximate surface area is 87.9 Å². The minimum atomic E-state index is 0.0763. The third-order valence-electron chi connectivity index (χ3n) is 1.96. The Morgan fingerprint density at radius 1 is 1.38 bits per heavy atom. The lowest BCUT2D eigenvalue weighted by Gasteiger charge is -2.15. The summed E-state index contributed by atoms with van der Waals surface area (Å²) in [5.74, 6) is 0.0763. The Balaban J connectivity index is 2.45. The van der Waals surface area contributed by atoms with Crippen molar-refractivity contribution < 1.29 is 9.53 Å². The van der Waals surface area contributed by atoms with Crippen LogP contribution in [0.3, 0.4) is 0 Å². The van der Waals surface area contributed by atoms with Crippen molar-refractivity contribution in [3.63, 3.8) is 0 Å². The van der Waals surface area contributed by atoms with Crippen LogP contribution in [0.5, 0.6) is 0 Å². The van der Waals surface area contributed by atoms with E-state index in [0.717, 1.165) is 16.0 Å². The lowest BCUT2D eigenvalue weighted by molar-refractivity contribution is 0.0665. The van der Waals surface area contributed by atoms with Crippen molar-refractivity contribution >= 4 is 30.8 Å². The zero-order valence-electron chi connectivity index (χ0n) is 6.75. The molecule has 1 aliphatic rings. The number of carbonyl (C=O) groups is 1. The third kappa shape index (κ3) is 1.80. The summed E-state index contributed by atoms with van der Waals surface area (Å²) in [7, 11) is 1.49. The number of rotatable bonds is 1. The van der Waals surface area contributed by atoms with Gasteiger partial charge in [0.2, 0.25) is 0 Å². The first kappa shape index (κ1) is 9.24. The number of halogens is 1. The average Bonchev–Trinajstić information content (AvgIpc) is 2.18. The average molecular weight is 259 g/mol. The molecule has 0 saturated carbocycles. The summed E-state index contributed by atoms with van der Waals surface area (Å²) in [4.78, 5) is 12.4. The molecule has 0 atom stereocenters. The third-order valence-corrected chi connectivity index (χ3v) is 3.51. The van der Waals surface area contributed by atoms with Crippen molar-refractivity contribution in [2.75, 3.05) is 6.61 Å². The quantitative estimate of drug-likeness (QED) is 0.775. The van der Waals surface area contributed by atoms with Gasteiger partial charge in [0.1, 0.15) is 6.61 Å². The van der Waals surface area contributed by atoms with Gasteiger partial charge in [-0.1, -0.05) is 0 Å². The minimum Gasteiger partial charge on any atom is -0.369 e. The first-order chi connectivity index (χ1) is 6.31. The predicted molar refractivity (Wildman–Crippen MR) is 55.2 cm³/mol. The van der Waals surface area contributed by atoms with Crippen LogP contribution in [-0.2, 0) is 11.3 Å². The molecule has 0 saturated heterocycles. The van der Waals surface area contributed by atoms with Crippen LogP contribution in [0.4, 0.5) is 0 Å². The zero-order valence-corrected chi connectivity index (χ0v) is 9.15. The fourth-order valence-corrected chi connectivity index (χ4v) is 2.25. The second-order valence-electron chi connectivity index (χ2n) is 2.81. The van der Waals surface area contributed by atoms with E-state index in [1.807, 2.05) is 18.2 Å². The molecule has 1 aromatic carbocycles. The molecule has 2 nitrogen and oxygen atoms in total. The fraction of sp³-hybridized carbons (Fsp3) is 0.222. The number of benzene rings is 1. The van der Waals surface area contributed by atoms with Gasteiger partial charge >= 0.3 is 0 Å². The van der Waals surface area contributed by atoms with Crippen LogP contribution in [0.1, 0.15) is 15.9 Å². The highest BCUT2D eigenvalue weighted by atomic mass is 79.9. The number of Topliss-reactive ketones (excluding diaryl/α,β-unsaturated/α-hetero) is 1. The number of hydrogen-bond donors (Lipinski definition) is 0. The van der Waals surface area contributed by atoms with Gasteiger partial charge in [-0.05, 0) is 48.8 Å². The molecule has 0 N–H and O–H groups in total. The second-order valence-corrected chi connectivity index (χ2v) is 4.41. The summed E-state index contributed by atoms with van der Waals surface area (Å²) in [6, 6.07) is 5.77. The van der Waals surface area contributed by atoms with Crippen LogP contribution in [0, 0.1) is 0 Å². The van der Waals surface area contributed by atoms with E-state index in [0.29, 0.717) is 6.61 Å². The van der Waals surface area contributed by atoms with Crippen LogP contribution >= 0.6 is 25.0 Å². The Morgan fingerprint density at radius 2 is 2.23 bits per heavy atom. The Kier molecular flexibility index (Phi) is 2.71. The molecule has 0 fully saturated rings. The maximum Gasteiger partial charge on any atom is 0.188 e. The highest BCUT2D eigenvalue weighted by Crippen LogP contribution is 2.28. The first-order valence-electron chi connectivity index (χ1n) is 3.84. The van der Waals surface area contributed by atoms with E-state index in [1.54, 1.807) is 0 Å². The van der Waals surface area contributed by atoms with Crippen LogP contribution < -0.4 is 0 Å². The topological polar surface area (TPSA) is 26.3 Å². The predicted octanol–water partition coefficient (Wildman–Crippen LogP) is 2.80. The van der Waals surface area contributed by atoms with E-state index < -0.39 is 0 Å². The van der Waals surface area contributed by atoms with Gasteiger partial charge in [-0.2, -0.15) is 0 Å². The summed E-state index contributed by atoms with van der Waals surface area (Å²) in [6.07, 6.45) is 0. The van der Waals surface area contributed by atoms with E-state index in [4.69, 9.17) is 4.74 Å². The van der Waals surface area contributed by atoms with Crippen molar-refractivity contribution in [1.82, 2.24) is 0 Å². The largest absolute Gasteiger partial charge is 0.369 e. The fourth-order valence-electron chi connectivity index (χ4n) is 1.34. The van der Waals surface area contributed by atoms with E-state index >= 15 is 0 Å². The maximum absolute atomic E-state index is 11.3. The summed E-state index contributed by atoms with van der Waals surface area (Å²) >= 11 is 3.29. The molecule has 4 heteroatoms. The number of hydrogen-bond acceptors (Lipinski definition) is 3. The van der Waals surface area contributed by atoms with Crippen LogP contribution in [0.15, 0.2) is 23.1 Å². The maximum atomic E-state index is 11.3. The number of ether oxygens (including phenoxy) is 1. The van der Waals surface area contributed by atoms with Gasteiger partial charge in [-0.3, -0.25) is 4.79 Å². The molecule has 1 aromatic rings. The van der Waals surface area contributed by atoms with E-state index in [2.05, 4.69) is 14.8 Å². The standard InChI is InChI=1S/C9H7BrO2S/c10-13-7-1-2-8-6(3-7)4-12-5-9(8)11/h1-3H,4-5H2. The molecule has 0 radical (unpaired) electrons. The lowest BCUT2D eigenvalue weighted by Crippen LogP contribution is -2.17. The lowest BCUT2D eigenvalue weighted by atomic mass is 10.0. The number of fused-ring (bicyclic) bond motifs is 1. The molecule has 0 aliphatic carbocycles. The van der Waals surface area contributed by atoms with Crippen molar-refractivity contribution in [2.45, 2.75) is 11.5 Å². The normalized spacial score (nSPS) is 15.6. The van der Waals surface area contributed by atoms with Crippen molar-refractivity contribution in [1.29, 1.82) is 0 Å². The Morgan fingerprint density at radius 3 is 3.00 bits per heavy atom. The summed E-state index contributed by atoms with van der Waals surface area (Å²) in [5, 5.41) is 0. The van der Waals surface area contributed by atoms with Crippen LogP contribution in [0.2, 0.25) is 0 Å². The molecular weight excluding hydrogens is 252 g/mol. The van der Waals surface area contributed by atoms with Crippen molar-refractivity contribution in [2.24, 2.45) is 0 Å². The van der Waals surface area contributed by atoms with Gasteiger partial charge < -0.3 is 4.74 Å². The molecule has 0 aromatic heterocycles. The highest BCUT2D eigenvalue weighted by Gasteiger charge is 2.17. The van der Waals surface area contributed by atoms with Gasteiger partial charge in [0, 0.05) is 10.5 Å². The molecule has 1 aliphatic heterocycles. The van der Waals surface area contributed by atoms with E-state index in [-0.39, 0.29) is 12.4 Å². The SMILES string of the molecule is O=C1COCc2cc(SBr)ccc21. The van der Waals surface area contributed by atoms with Gasteiger partial charge in [0.15, 0.2) is 5.78 Å². The van der Waals surface area contributed by atoms with Gasteiger partial charge in [-0.15, -0.1) is 0 Å². The zero-order chi connectivity index (χ0) is 9.26. The molecular formula is C9H7BrO2S. The van der Waals surface area contributed by atoms with Gasteiger partial charge in [-0.25, -0.2) is 0 Å². The van der Waals surface area contributed by atoms with Crippen molar-refractivity contribution in [3.05, 3.63) is 29.3 Å². The van der Waals surface area contributed by atoms with Crippen LogP contribution in [0.25, 0.3) is 0 Å². The Bertz CT molecular complexity index is 351. The molecule has 0 bridgehead atoms. The molecule has 68 valence electrons. The molecule has 1 heterocycles. The Hall–Kier alpha value is -0.320. The first-order valence-corrected chi connectivity index (χ1v) is 6.49. The molecule has 13 heavy (non-hydrogen) atoms. The summed E-state index contributed by atoms with van der Waals surface area (Å²) < 4.78 is 5.13. The molecule has 2 rings (SSSR count). The highest BCUT2D eigenvalue weighted by molar-refractivity contribution is 9.50. The number of ketones is 1. The number of carbonyl (C=O) groups excluding carboxylic acids is 1. The van der Waals surface area contributed by atoms with Gasteiger partial charge in [0.05, 0.1) is 6.61 Å². The van der Waals surface area contributed by atoms with E-state index in [9.17, 15) is 4.79 Å². The minimum absolute atomic E-state index is 0.0763. The smallest absolute Gasteiger partial charge is 0.188 e. The summed E-state index contributed by atoms with van der Waals surface area (Å²) in [6.45, 7) is 0.760. The van der Waals surface area contributed by atoms with Crippen molar-refractivity contribution in [3.8, 4) is 0 Å². The summed E-state index contributed by atoms with van der Waals surface area (Å²) in [5.41, 5.74) is 1.79. The monoisotopic (exact) mass is 258 g/mol. The molecule has 0 amide bonds. The van der Waals surface area contributed by atoms with Gasteiger partial charge in [0.25, 0.3) is 0 Å². The molecule has 0 spiro atoms. The second kappa shape index (κ2) is 3.82. The van der Waals surface area contributed by atoms with Crippen LogP contribution in [-0.4, -0.2) is 12.4 Å². The molecule has 0 unspecified atom stereocenters.